The Balaban J connectivity index is 1.85. The van der Waals surface area contributed by atoms with E-state index in [1.165, 1.54) is 11.1 Å². The maximum Gasteiger partial charge on any atom is 0.254 e. The Kier molecular flexibility index (Phi) is 3.33. The zero-order chi connectivity index (χ0) is 13.4. The summed E-state index contributed by atoms with van der Waals surface area (Å²) < 4.78 is 0.801. The van der Waals surface area contributed by atoms with Crippen LogP contribution in [0.25, 0.3) is 0 Å². The largest absolute Gasteiger partial charge is 0.330 e. The van der Waals surface area contributed by atoms with Gasteiger partial charge in [0.15, 0.2) is 0 Å². The van der Waals surface area contributed by atoms with E-state index in [4.69, 9.17) is 11.6 Å². The maximum atomic E-state index is 12.4. The second kappa shape index (κ2) is 4.99. The van der Waals surface area contributed by atoms with Crippen LogP contribution in [0.1, 0.15) is 21.5 Å². The normalized spacial score (nSPS) is 13.5. The van der Waals surface area contributed by atoms with Crippen molar-refractivity contribution in [3.63, 3.8) is 0 Å². The number of hydrogen-bond donors (Lipinski definition) is 0. The molecule has 0 aromatic heterocycles. The third-order valence-corrected chi connectivity index (χ3v) is 4.53. The molecule has 0 unspecified atom stereocenters. The maximum absolute atomic E-state index is 12.4. The van der Waals surface area contributed by atoms with Gasteiger partial charge < -0.3 is 4.90 Å². The highest BCUT2D eigenvalue weighted by Crippen LogP contribution is 2.27. The summed E-state index contributed by atoms with van der Waals surface area (Å²) in [5.41, 5.74) is 3.07. The van der Waals surface area contributed by atoms with Gasteiger partial charge in [-0.15, -0.1) is 0 Å². The molecule has 0 spiro atoms. The molecule has 3 rings (SSSR count). The van der Waals surface area contributed by atoms with Gasteiger partial charge in [0.25, 0.3) is 5.91 Å². The van der Waals surface area contributed by atoms with Gasteiger partial charge in [-0.2, -0.15) is 0 Å². The number of nitrogens with zero attached hydrogens (tertiary/aromatic N) is 1. The van der Waals surface area contributed by atoms with Crippen molar-refractivity contribution >= 4 is 33.4 Å². The van der Waals surface area contributed by atoms with Crippen LogP contribution in [-0.4, -0.2) is 10.8 Å². The number of benzene rings is 2. The van der Waals surface area contributed by atoms with Crippen molar-refractivity contribution in [1.29, 1.82) is 0 Å². The van der Waals surface area contributed by atoms with Crippen molar-refractivity contribution in [2.75, 3.05) is 0 Å². The van der Waals surface area contributed by atoms with E-state index in [2.05, 4.69) is 28.1 Å². The average molecular weight is 337 g/mol. The number of carbonyl (C=O) groups is 1. The summed E-state index contributed by atoms with van der Waals surface area (Å²) in [6.45, 7) is 1.34. The Morgan fingerprint density at radius 2 is 1.74 bits per heavy atom. The lowest BCUT2D eigenvalue weighted by atomic mass is 10.1. The Bertz CT molecular complexity index is 631. The summed E-state index contributed by atoms with van der Waals surface area (Å²) in [7, 11) is 0. The van der Waals surface area contributed by atoms with Crippen molar-refractivity contribution in [2.45, 2.75) is 13.1 Å². The molecule has 4 heteroatoms. The van der Waals surface area contributed by atoms with Crippen LogP contribution in [0, 0.1) is 0 Å². The van der Waals surface area contributed by atoms with Gasteiger partial charge in [0.2, 0.25) is 0 Å². The van der Waals surface area contributed by atoms with Crippen molar-refractivity contribution in [3.05, 3.63) is 68.7 Å². The lowest BCUT2D eigenvalue weighted by Gasteiger charge is -2.15. The minimum absolute atomic E-state index is 0.0191. The van der Waals surface area contributed by atoms with E-state index < -0.39 is 0 Å². The Morgan fingerprint density at radius 3 is 2.32 bits per heavy atom. The second-order valence-corrected chi connectivity index (χ2v) is 5.82. The molecule has 1 aliphatic rings. The number of amides is 1. The molecule has 0 bridgehead atoms. The SMILES string of the molecule is O=C(c1ccc(Br)c(Cl)c1)N1Cc2ccccc2C1. The van der Waals surface area contributed by atoms with E-state index in [-0.39, 0.29) is 5.91 Å². The molecule has 2 aromatic rings. The Labute approximate surface area is 125 Å². The summed E-state index contributed by atoms with van der Waals surface area (Å²) in [6.07, 6.45) is 0. The number of halogens is 2. The first-order valence-corrected chi connectivity index (χ1v) is 7.13. The first-order chi connectivity index (χ1) is 9.15. The Hall–Kier alpha value is -1.32. The predicted octanol–water partition coefficient (Wildman–Crippen LogP) is 4.26. The number of carbonyl (C=O) groups excluding carboxylic acids is 1. The summed E-state index contributed by atoms with van der Waals surface area (Å²) in [5, 5.41) is 0.558. The molecule has 0 fully saturated rings. The molecule has 0 saturated carbocycles. The van der Waals surface area contributed by atoms with Crippen LogP contribution in [0.5, 0.6) is 0 Å². The molecular weight excluding hydrogens is 326 g/mol. The van der Waals surface area contributed by atoms with Gasteiger partial charge in [-0.05, 0) is 45.3 Å². The molecule has 0 radical (unpaired) electrons. The highest BCUT2D eigenvalue weighted by Gasteiger charge is 2.24. The highest BCUT2D eigenvalue weighted by molar-refractivity contribution is 9.10. The van der Waals surface area contributed by atoms with Crippen LogP contribution in [0.2, 0.25) is 5.02 Å². The molecule has 1 aliphatic heterocycles. The molecule has 0 saturated heterocycles. The summed E-state index contributed by atoms with van der Waals surface area (Å²) >= 11 is 9.36. The average Bonchev–Trinajstić information content (AvgIpc) is 2.85. The van der Waals surface area contributed by atoms with E-state index in [1.807, 2.05) is 17.0 Å². The Morgan fingerprint density at radius 1 is 1.11 bits per heavy atom. The van der Waals surface area contributed by atoms with Gasteiger partial charge in [0.1, 0.15) is 0 Å². The highest BCUT2D eigenvalue weighted by atomic mass is 79.9. The standard InChI is InChI=1S/C15H11BrClNO/c16-13-6-5-10(7-14(13)17)15(19)18-8-11-3-1-2-4-12(11)9-18/h1-7H,8-9H2. The summed E-state index contributed by atoms with van der Waals surface area (Å²) in [6, 6.07) is 13.4. The van der Waals surface area contributed by atoms with Crippen molar-refractivity contribution in [1.82, 2.24) is 4.90 Å². The van der Waals surface area contributed by atoms with E-state index in [9.17, 15) is 4.79 Å². The fraction of sp³-hybridized carbons (Fsp3) is 0.133. The third-order valence-electron chi connectivity index (χ3n) is 3.29. The van der Waals surface area contributed by atoms with Gasteiger partial charge in [0.05, 0.1) is 5.02 Å². The van der Waals surface area contributed by atoms with Crippen molar-refractivity contribution < 1.29 is 4.79 Å². The molecule has 0 N–H and O–H groups in total. The van der Waals surface area contributed by atoms with Crippen LogP contribution in [0.15, 0.2) is 46.9 Å². The lowest BCUT2D eigenvalue weighted by Crippen LogP contribution is -2.25. The van der Waals surface area contributed by atoms with Crippen LogP contribution in [0.3, 0.4) is 0 Å². The minimum Gasteiger partial charge on any atom is -0.330 e. The van der Waals surface area contributed by atoms with E-state index in [1.54, 1.807) is 18.2 Å². The smallest absolute Gasteiger partial charge is 0.254 e. The first-order valence-electron chi connectivity index (χ1n) is 5.96. The number of rotatable bonds is 1. The molecule has 0 aliphatic carbocycles. The van der Waals surface area contributed by atoms with Gasteiger partial charge >= 0.3 is 0 Å². The minimum atomic E-state index is 0.0191. The molecular formula is C15H11BrClNO. The molecule has 1 amide bonds. The zero-order valence-corrected chi connectivity index (χ0v) is 12.4. The van der Waals surface area contributed by atoms with Gasteiger partial charge in [0, 0.05) is 23.1 Å². The predicted molar refractivity (Wildman–Crippen MR) is 79.2 cm³/mol. The molecule has 1 heterocycles. The summed E-state index contributed by atoms with van der Waals surface area (Å²) in [4.78, 5) is 14.3. The third kappa shape index (κ3) is 2.40. The molecule has 2 nitrogen and oxygen atoms in total. The second-order valence-electron chi connectivity index (χ2n) is 4.56. The fourth-order valence-corrected chi connectivity index (χ4v) is 2.72. The van der Waals surface area contributed by atoms with Crippen molar-refractivity contribution in [3.8, 4) is 0 Å². The van der Waals surface area contributed by atoms with E-state index >= 15 is 0 Å². The topological polar surface area (TPSA) is 20.3 Å². The molecule has 19 heavy (non-hydrogen) atoms. The first kappa shape index (κ1) is 12.7. The zero-order valence-electron chi connectivity index (χ0n) is 10.1. The fourth-order valence-electron chi connectivity index (χ4n) is 2.29. The van der Waals surface area contributed by atoms with Crippen LogP contribution < -0.4 is 0 Å². The van der Waals surface area contributed by atoms with E-state index in [0.29, 0.717) is 23.7 Å². The van der Waals surface area contributed by atoms with E-state index in [0.717, 1.165) is 4.47 Å². The van der Waals surface area contributed by atoms with Crippen LogP contribution >= 0.6 is 27.5 Å². The molecule has 96 valence electrons. The number of hydrogen-bond acceptors (Lipinski definition) is 1. The van der Waals surface area contributed by atoms with Gasteiger partial charge in [-0.25, -0.2) is 0 Å². The monoisotopic (exact) mass is 335 g/mol. The van der Waals surface area contributed by atoms with Crippen LogP contribution in [-0.2, 0) is 13.1 Å². The summed E-state index contributed by atoms with van der Waals surface area (Å²) in [5.74, 6) is 0.0191. The van der Waals surface area contributed by atoms with Gasteiger partial charge in [-0.3, -0.25) is 4.79 Å². The van der Waals surface area contributed by atoms with Gasteiger partial charge in [-0.1, -0.05) is 35.9 Å². The number of fused-ring (bicyclic) bond motifs is 1. The lowest BCUT2D eigenvalue weighted by molar-refractivity contribution is 0.0751. The molecule has 2 aromatic carbocycles. The van der Waals surface area contributed by atoms with Crippen molar-refractivity contribution in [2.24, 2.45) is 0 Å². The quantitative estimate of drug-likeness (QED) is 0.762. The molecule has 0 atom stereocenters. The van der Waals surface area contributed by atoms with Crippen LogP contribution in [0.4, 0.5) is 0 Å².